The standard InChI is InChI=1S/C30H39N7O2/c31-28-7-4-22(23-14-21(16-33-17-23)19-37-12-8-26(38)9-13-37)15-27(28)29(32)30(39)35-24-5-6-25(34-18-24)20-36-10-2-1-3-11-36/h4,7,14-18,26,32,38H,1-3,5-6,8-13,19-20,31H2,(H,35,39). The highest BCUT2D eigenvalue weighted by Gasteiger charge is 2.20. The number of aliphatic imine (C=N–C) groups is 1. The Kier molecular flexibility index (Phi) is 8.81. The summed E-state index contributed by atoms with van der Waals surface area (Å²) < 4.78 is 0. The maximum absolute atomic E-state index is 13.0. The fourth-order valence-corrected chi connectivity index (χ4v) is 5.52. The second-order valence-electron chi connectivity index (χ2n) is 10.9. The van der Waals surface area contributed by atoms with Crippen LogP contribution in [-0.4, -0.2) is 76.0 Å². The fraction of sp³-hybridized carbons (Fsp3) is 0.467. The maximum atomic E-state index is 13.0. The average molecular weight is 530 g/mol. The Balaban J connectivity index is 1.23. The highest BCUT2D eigenvalue weighted by molar-refractivity contribution is 6.45. The molecule has 1 aromatic carbocycles. The first-order valence-electron chi connectivity index (χ1n) is 14.1. The highest BCUT2D eigenvalue weighted by Crippen LogP contribution is 2.26. The SMILES string of the molecule is N=C(C(=O)NC1=CN=C(CN2CCCCC2)CC1)c1cc(-c2cncc(CN3CCC(O)CC3)c2)ccc1N. The molecular formula is C30H39N7O2. The summed E-state index contributed by atoms with van der Waals surface area (Å²) in [6.45, 7) is 5.66. The molecule has 3 aliphatic heterocycles. The van der Waals surface area contributed by atoms with Gasteiger partial charge in [0.1, 0.15) is 5.71 Å². The minimum Gasteiger partial charge on any atom is -0.398 e. The van der Waals surface area contributed by atoms with Crippen molar-refractivity contribution in [3.63, 3.8) is 0 Å². The van der Waals surface area contributed by atoms with Crippen LogP contribution in [0.5, 0.6) is 0 Å². The fourth-order valence-electron chi connectivity index (χ4n) is 5.52. The molecule has 0 bridgehead atoms. The van der Waals surface area contributed by atoms with E-state index in [1.807, 2.05) is 12.3 Å². The van der Waals surface area contributed by atoms with Gasteiger partial charge in [0.25, 0.3) is 5.91 Å². The lowest BCUT2D eigenvalue weighted by atomic mass is 9.99. The smallest absolute Gasteiger partial charge is 0.274 e. The molecule has 9 heteroatoms. The van der Waals surface area contributed by atoms with Crippen LogP contribution in [0.2, 0.25) is 0 Å². The van der Waals surface area contributed by atoms with Gasteiger partial charge in [-0.15, -0.1) is 0 Å². The van der Waals surface area contributed by atoms with Gasteiger partial charge in [0, 0.05) is 73.0 Å². The number of aromatic nitrogens is 1. The summed E-state index contributed by atoms with van der Waals surface area (Å²) in [5.41, 5.74) is 11.5. The molecule has 0 atom stereocenters. The molecule has 1 amide bonds. The van der Waals surface area contributed by atoms with Crippen molar-refractivity contribution < 1.29 is 9.90 Å². The minimum absolute atomic E-state index is 0.172. The average Bonchev–Trinajstić information content (AvgIpc) is 2.96. The molecule has 39 heavy (non-hydrogen) atoms. The molecule has 0 unspecified atom stereocenters. The Labute approximate surface area is 230 Å². The first kappa shape index (κ1) is 27.2. The molecule has 0 spiro atoms. The number of anilines is 1. The van der Waals surface area contributed by atoms with Crippen molar-refractivity contribution in [2.75, 3.05) is 38.5 Å². The number of allylic oxidation sites excluding steroid dienone is 1. The number of hydrogen-bond donors (Lipinski definition) is 4. The van der Waals surface area contributed by atoms with Crippen LogP contribution in [0.1, 0.15) is 56.1 Å². The number of likely N-dealkylation sites (tertiary alicyclic amines) is 2. The number of nitrogen functional groups attached to an aromatic ring is 1. The predicted octanol–water partition coefficient (Wildman–Crippen LogP) is 3.33. The molecule has 5 rings (SSSR count). The van der Waals surface area contributed by atoms with Crippen LogP contribution < -0.4 is 11.1 Å². The molecule has 9 nitrogen and oxygen atoms in total. The molecule has 2 saturated heterocycles. The van der Waals surface area contributed by atoms with Gasteiger partial charge >= 0.3 is 0 Å². The number of benzene rings is 1. The number of hydrogen-bond acceptors (Lipinski definition) is 8. The lowest BCUT2D eigenvalue weighted by molar-refractivity contribution is -0.114. The van der Waals surface area contributed by atoms with Crippen LogP contribution in [0.4, 0.5) is 5.69 Å². The van der Waals surface area contributed by atoms with Crippen LogP contribution in [0.15, 0.2) is 53.5 Å². The number of piperidine rings is 2. The van der Waals surface area contributed by atoms with Crippen molar-refractivity contribution in [3.05, 3.63) is 59.7 Å². The topological polar surface area (TPSA) is 131 Å². The summed E-state index contributed by atoms with van der Waals surface area (Å²) in [5, 5.41) is 21.2. The van der Waals surface area contributed by atoms with Crippen LogP contribution >= 0.6 is 0 Å². The number of nitrogens with zero attached hydrogens (tertiary/aromatic N) is 4. The summed E-state index contributed by atoms with van der Waals surface area (Å²) in [6, 6.07) is 7.51. The van der Waals surface area contributed by atoms with E-state index in [2.05, 4.69) is 31.2 Å². The van der Waals surface area contributed by atoms with Crippen molar-refractivity contribution in [3.8, 4) is 11.1 Å². The lowest BCUT2D eigenvalue weighted by Gasteiger charge is -2.29. The largest absolute Gasteiger partial charge is 0.398 e. The number of aliphatic hydroxyl groups is 1. The molecule has 3 aliphatic rings. The number of carbonyl (C=O) groups excluding carboxylic acids is 1. The molecule has 1 aromatic heterocycles. The number of amides is 1. The van der Waals surface area contributed by atoms with Crippen LogP contribution in [0.3, 0.4) is 0 Å². The number of nitrogens with two attached hydrogens (primary N) is 1. The summed E-state index contributed by atoms with van der Waals surface area (Å²) >= 11 is 0. The summed E-state index contributed by atoms with van der Waals surface area (Å²) in [4.78, 5) is 26.8. The van der Waals surface area contributed by atoms with Gasteiger partial charge in [-0.1, -0.05) is 12.5 Å². The van der Waals surface area contributed by atoms with E-state index in [1.54, 1.807) is 24.5 Å². The second kappa shape index (κ2) is 12.6. The van der Waals surface area contributed by atoms with Crippen molar-refractivity contribution in [2.45, 2.75) is 57.6 Å². The quantitative estimate of drug-likeness (QED) is 0.306. The van der Waals surface area contributed by atoms with Gasteiger partial charge in [-0.25, -0.2) is 0 Å². The van der Waals surface area contributed by atoms with E-state index in [9.17, 15) is 9.90 Å². The molecule has 4 heterocycles. The molecule has 206 valence electrons. The molecule has 2 fully saturated rings. The normalized spacial score (nSPS) is 19.3. The number of pyridine rings is 1. The van der Waals surface area contributed by atoms with Gasteiger partial charge in [0.2, 0.25) is 0 Å². The van der Waals surface area contributed by atoms with E-state index in [0.717, 1.165) is 86.6 Å². The van der Waals surface area contributed by atoms with Crippen molar-refractivity contribution in [1.82, 2.24) is 20.1 Å². The Bertz CT molecular complexity index is 1260. The zero-order valence-corrected chi connectivity index (χ0v) is 22.5. The van der Waals surface area contributed by atoms with Crippen molar-refractivity contribution >= 4 is 23.0 Å². The molecule has 0 aliphatic carbocycles. The highest BCUT2D eigenvalue weighted by atomic mass is 16.3. The Morgan fingerprint density at radius 3 is 2.51 bits per heavy atom. The number of aliphatic hydroxyl groups excluding tert-OH is 1. The Morgan fingerprint density at radius 2 is 1.77 bits per heavy atom. The molecule has 0 saturated carbocycles. The van der Waals surface area contributed by atoms with Gasteiger partial charge in [0.05, 0.1) is 6.10 Å². The molecule has 2 aromatic rings. The van der Waals surface area contributed by atoms with Gasteiger partial charge in [0.15, 0.2) is 0 Å². The van der Waals surface area contributed by atoms with E-state index in [0.29, 0.717) is 17.7 Å². The van der Waals surface area contributed by atoms with Crippen LogP contribution in [0.25, 0.3) is 11.1 Å². The van der Waals surface area contributed by atoms with Gasteiger partial charge < -0.3 is 16.2 Å². The van der Waals surface area contributed by atoms with Crippen molar-refractivity contribution in [1.29, 1.82) is 5.41 Å². The van der Waals surface area contributed by atoms with Crippen molar-refractivity contribution in [2.24, 2.45) is 4.99 Å². The molecular weight excluding hydrogens is 490 g/mol. The first-order valence-corrected chi connectivity index (χ1v) is 14.1. The number of nitrogens with one attached hydrogen (secondary N) is 2. The Morgan fingerprint density at radius 1 is 1.00 bits per heavy atom. The van der Waals surface area contributed by atoms with E-state index in [4.69, 9.17) is 11.1 Å². The predicted molar refractivity (Wildman–Crippen MR) is 155 cm³/mol. The number of carbonyl (C=O) groups is 1. The van der Waals surface area contributed by atoms with E-state index in [-0.39, 0.29) is 11.8 Å². The van der Waals surface area contributed by atoms with Crippen LogP contribution in [0, 0.1) is 5.41 Å². The van der Waals surface area contributed by atoms with Gasteiger partial charge in [-0.2, -0.15) is 0 Å². The van der Waals surface area contributed by atoms with Crippen LogP contribution in [-0.2, 0) is 11.3 Å². The second-order valence-corrected chi connectivity index (χ2v) is 10.9. The van der Waals surface area contributed by atoms with E-state index >= 15 is 0 Å². The number of rotatable bonds is 8. The van der Waals surface area contributed by atoms with E-state index in [1.165, 1.54) is 19.3 Å². The maximum Gasteiger partial charge on any atom is 0.274 e. The third-order valence-corrected chi connectivity index (χ3v) is 7.86. The van der Waals surface area contributed by atoms with Gasteiger partial charge in [-0.05, 0) is 80.9 Å². The molecule has 0 radical (unpaired) electrons. The minimum atomic E-state index is -0.487. The third kappa shape index (κ3) is 7.17. The first-order chi connectivity index (χ1) is 18.9. The summed E-state index contributed by atoms with van der Waals surface area (Å²) in [6.07, 6.45) is 12.1. The lowest BCUT2D eigenvalue weighted by Crippen LogP contribution is -2.36. The third-order valence-electron chi connectivity index (χ3n) is 7.86. The zero-order valence-electron chi connectivity index (χ0n) is 22.5. The monoisotopic (exact) mass is 529 g/mol. The summed E-state index contributed by atoms with van der Waals surface area (Å²) in [5.74, 6) is -0.487. The summed E-state index contributed by atoms with van der Waals surface area (Å²) in [7, 11) is 0. The van der Waals surface area contributed by atoms with Gasteiger partial charge in [-0.3, -0.25) is 30.0 Å². The molecule has 5 N–H and O–H groups in total. The zero-order chi connectivity index (χ0) is 27.2. The Hall–Kier alpha value is -3.40. The van der Waals surface area contributed by atoms with E-state index < -0.39 is 5.91 Å².